The van der Waals surface area contributed by atoms with E-state index >= 15 is 0 Å². The predicted molar refractivity (Wildman–Crippen MR) is 91.1 cm³/mol. The lowest BCUT2D eigenvalue weighted by molar-refractivity contribution is -0.117. The maximum Gasteiger partial charge on any atom is 0.259 e. The number of hydrogen-bond donors (Lipinski definition) is 0. The number of benzene rings is 2. The highest BCUT2D eigenvalue weighted by Gasteiger charge is 2.31. The normalized spacial score (nSPS) is 13.5. The van der Waals surface area contributed by atoms with E-state index in [1.807, 2.05) is 24.3 Å². The summed E-state index contributed by atoms with van der Waals surface area (Å²) in [5.74, 6) is 0.621. The minimum atomic E-state index is -0.277. The van der Waals surface area contributed by atoms with E-state index in [4.69, 9.17) is 9.47 Å². The summed E-state index contributed by atoms with van der Waals surface area (Å²) in [5.41, 5.74) is 1.81. The maximum absolute atomic E-state index is 13.0. The number of carbonyl (C=O) groups is 2. The fourth-order valence-electron chi connectivity index (χ4n) is 2.70. The molecule has 0 unspecified atom stereocenters. The third-order valence-electron chi connectivity index (χ3n) is 4.04. The van der Waals surface area contributed by atoms with Crippen LogP contribution in [0.5, 0.6) is 11.5 Å². The molecule has 124 valence electrons. The van der Waals surface area contributed by atoms with Gasteiger partial charge in [-0.25, -0.2) is 0 Å². The fraction of sp³-hybridized carbons (Fsp3) is 0.222. The molecule has 3 rings (SSSR count). The number of ether oxygens (including phenoxy) is 2. The van der Waals surface area contributed by atoms with E-state index in [-0.39, 0.29) is 18.4 Å². The van der Waals surface area contributed by atoms with Crippen LogP contribution in [0.4, 0.5) is 11.4 Å². The predicted octanol–water partition coefficient (Wildman–Crippen LogP) is 2.33. The van der Waals surface area contributed by atoms with Gasteiger partial charge in [-0.15, -0.1) is 0 Å². The van der Waals surface area contributed by atoms with Crippen molar-refractivity contribution in [3.05, 3.63) is 48.0 Å². The summed E-state index contributed by atoms with van der Waals surface area (Å²) in [4.78, 5) is 28.3. The van der Waals surface area contributed by atoms with Crippen molar-refractivity contribution in [3.63, 3.8) is 0 Å². The van der Waals surface area contributed by atoms with Gasteiger partial charge < -0.3 is 14.4 Å². The third kappa shape index (κ3) is 2.67. The molecule has 1 aliphatic heterocycles. The van der Waals surface area contributed by atoms with Crippen LogP contribution in [0, 0.1) is 0 Å². The van der Waals surface area contributed by atoms with E-state index in [1.165, 1.54) is 19.1 Å². The van der Waals surface area contributed by atoms with Crippen LogP contribution in [0.2, 0.25) is 0 Å². The van der Waals surface area contributed by atoms with Gasteiger partial charge in [-0.05, 0) is 24.3 Å². The Morgan fingerprint density at radius 1 is 1.00 bits per heavy atom. The number of nitrogens with zero attached hydrogens (tertiary/aromatic N) is 2. The lowest BCUT2D eigenvalue weighted by Crippen LogP contribution is -2.46. The van der Waals surface area contributed by atoms with Crippen molar-refractivity contribution >= 4 is 23.2 Å². The maximum atomic E-state index is 13.0. The van der Waals surface area contributed by atoms with Crippen molar-refractivity contribution in [2.24, 2.45) is 0 Å². The zero-order valence-corrected chi connectivity index (χ0v) is 13.8. The van der Waals surface area contributed by atoms with Crippen molar-refractivity contribution in [1.82, 2.24) is 0 Å². The lowest BCUT2D eigenvalue weighted by atomic mass is 10.1. The molecule has 2 aromatic carbocycles. The summed E-state index contributed by atoms with van der Waals surface area (Å²) in [5, 5.41) is 0. The van der Waals surface area contributed by atoms with Gasteiger partial charge in [0.15, 0.2) is 0 Å². The molecule has 0 aliphatic carbocycles. The Kier molecular flexibility index (Phi) is 4.12. The molecule has 24 heavy (non-hydrogen) atoms. The number of amides is 2. The number of hydrogen-bond acceptors (Lipinski definition) is 4. The molecule has 6 heteroatoms. The van der Waals surface area contributed by atoms with Gasteiger partial charge in [0, 0.05) is 18.7 Å². The van der Waals surface area contributed by atoms with Crippen LogP contribution in [0.3, 0.4) is 0 Å². The Hall–Kier alpha value is -3.02. The Bertz CT molecular complexity index is 781. The number of anilines is 2. The molecule has 0 spiro atoms. The quantitative estimate of drug-likeness (QED) is 0.868. The first-order chi connectivity index (χ1) is 11.5. The van der Waals surface area contributed by atoms with Crippen molar-refractivity contribution in [3.8, 4) is 11.5 Å². The highest BCUT2D eigenvalue weighted by atomic mass is 16.5. The van der Waals surface area contributed by atoms with Gasteiger partial charge in [0.1, 0.15) is 18.0 Å². The summed E-state index contributed by atoms with van der Waals surface area (Å²) >= 11 is 0. The SMILES string of the molecule is COc1cc(OC)cc(C(=O)N2CC(=O)N(C)c3ccccc32)c1. The first-order valence-corrected chi connectivity index (χ1v) is 7.45. The molecular weight excluding hydrogens is 308 g/mol. The standard InChI is InChI=1S/C18H18N2O4/c1-19-15-6-4-5-7-16(15)20(11-17(19)21)18(22)12-8-13(23-2)10-14(9-12)24-3/h4-10H,11H2,1-3H3. The zero-order chi connectivity index (χ0) is 17.3. The Morgan fingerprint density at radius 3 is 2.17 bits per heavy atom. The number of methoxy groups -OCH3 is 2. The van der Waals surface area contributed by atoms with E-state index in [1.54, 1.807) is 30.1 Å². The van der Waals surface area contributed by atoms with Crippen LogP contribution in [-0.2, 0) is 4.79 Å². The Balaban J connectivity index is 2.04. The average molecular weight is 326 g/mol. The molecule has 0 aromatic heterocycles. The monoisotopic (exact) mass is 326 g/mol. The van der Waals surface area contributed by atoms with Crippen LogP contribution in [-0.4, -0.2) is 39.6 Å². The van der Waals surface area contributed by atoms with E-state index in [0.717, 1.165) is 0 Å². The van der Waals surface area contributed by atoms with E-state index < -0.39 is 0 Å². The van der Waals surface area contributed by atoms with Gasteiger partial charge in [0.05, 0.1) is 25.6 Å². The first-order valence-electron chi connectivity index (χ1n) is 7.45. The smallest absolute Gasteiger partial charge is 0.259 e. The largest absolute Gasteiger partial charge is 0.497 e. The van der Waals surface area contributed by atoms with Crippen LogP contribution >= 0.6 is 0 Å². The molecular formula is C18H18N2O4. The van der Waals surface area contributed by atoms with Crippen molar-refractivity contribution in [1.29, 1.82) is 0 Å². The van der Waals surface area contributed by atoms with Crippen LogP contribution in [0.1, 0.15) is 10.4 Å². The molecule has 0 saturated heterocycles. The van der Waals surface area contributed by atoms with Crippen LogP contribution in [0.15, 0.2) is 42.5 Å². The minimum Gasteiger partial charge on any atom is -0.497 e. The minimum absolute atomic E-state index is 0.00806. The molecule has 2 aromatic rings. The summed E-state index contributed by atoms with van der Waals surface area (Å²) in [7, 11) is 4.76. The summed E-state index contributed by atoms with van der Waals surface area (Å²) in [6.45, 7) is -0.00806. The van der Waals surface area contributed by atoms with Crippen LogP contribution in [0.25, 0.3) is 0 Å². The number of carbonyl (C=O) groups excluding carboxylic acids is 2. The topological polar surface area (TPSA) is 59.1 Å². The van der Waals surface area contributed by atoms with Gasteiger partial charge in [0.25, 0.3) is 5.91 Å². The van der Waals surface area contributed by atoms with E-state index in [2.05, 4.69) is 0 Å². The lowest BCUT2D eigenvalue weighted by Gasteiger charge is -2.34. The molecule has 6 nitrogen and oxygen atoms in total. The highest BCUT2D eigenvalue weighted by molar-refractivity contribution is 6.15. The number of rotatable bonds is 3. The second kappa shape index (κ2) is 6.23. The Morgan fingerprint density at radius 2 is 1.58 bits per heavy atom. The van der Waals surface area contributed by atoms with Crippen molar-refractivity contribution in [2.75, 3.05) is 37.6 Å². The van der Waals surface area contributed by atoms with Gasteiger partial charge >= 0.3 is 0 Å². The molecule has 0 atom stereocenters. The molecule has 0 N–H and O–H groups in total. The molecule has 2 amide bonds. The highest BCUT2D eigenvalue weighted by Crippen LogP contribution is 2.34. The molecule has 0 saturated carbocycles. The second-order valence-electron chi connectivity index (χ2n) is 5.43. The number of para-hydroxylation sites is 2. The van der Waals surface area contributed by atoms with Crippen LogP contribution < -0.4 is 19.3 Å². The first kappa shape index (κ1) is 15.9. The van der Waals surface area contributed by atoms with Gasteiger partial charge in [-0.3, -0.25) is 14.5 Å². The molecule has 0 radical (unpaired) electrons. The van der Waals surface area contributed by atoms with Crippen molar-refractivity contribution < 1.29 is 19.1 Å². The number of fused-ring (bicyclic) bond motifs is 1. The molecule has 1 heterocycles. The van der Waals surface area contributed by atoms with Gasteiger partial charge in [-0.1, -0.05) is 12.1 Å². The van der Waals surface area contributed by atoms with Crippen molar-refractivity contribution in [2.45, 2.75) is 0 Å². The van der Waals surface area contributed by atoms with E-state index in [9.17, 15) is 9.59 Å². The summed E-state index contributed by atoms with van der Waals surface area (Å²) < 4.78 is 10.4. The third-order valence-corrected chi connectivity index (χ3v) is 4.04. The summed E-state index contributed by atoms with van der Waals surface area (Å²) in [6.07, 6.45) is 0. The van der Waals surface area contributed by atoms with E-state index in [0.29, 0.717) is 28.4 Å². The number of likely N-dealkylation sites (N-methyl/N-ethyl adjacent to an activating group) is 1. The molecule has 0 fully saturated rings. The Labute approximate surface area is 140 Å². The fourth-order valence-corrected chi connectivity index (χ4v) is 2.70. The summed E-state index contributed by atoms with van der Waals surface area (Å²) in [6, 6.07) is 12.3. The molecule has 1 aliphatic rings. The zero-order valence-electron chi connectivity index (χ0n) is 13.8. The molecule has 0 bridgehead atoms. The van der Waals surface area contributed by atoms with Gasteiger partial charge in [-0.2, -0.15) is 0 Å². The second-order valence-corrected chi connectivity index (χ2v) is 5.43. The average Bonchev–Trinajstić information content (AvgIpc) is 2.63. The van der Waals surface area contributed by atoms with Gasteiger partial charge in [0.2, 0.25) is 5.91 Å².